The van der Waals surface area contributed by atoms with Crippen molar-refractivity contribution in [2.75, 3.05) is 5.32 Å². The molecule has 9 heteroatoms. The Labute approximate surface area is 151 Å². The van der Waals surface area contributed by atoms with E-state index in [1.807, 2.05) is 18.2 Å². The topological polar surface area (TPSA) is 86.1 Å². The van der Waals surface area contributed by atoms with Crippen LogP contribution in [-0.2, 0) is 13.7 Å². The molecule has 0 saturated heterocycles. The largest absolute Gasteiger partial charge is 0.483 e. The number of anilines is 1. The summed E-state index contributed by atoms with van der Waals surface area (Å²) in [6.45, 7) is 0.158. The highest BCUT2D eigenvalue weighted by molar-refractivity contribution is 7.13. The lowest BCUT2D eigenvalue weighted by Crippen LogP contribution is -2.21. The zero-order chi connectivity index (χ0) is 17.8. The lowest BCUT2D eigenvalue weighted by Gasteiger charge is -2.11. The van der Waals surface area contributed by atoms with E-state index in [2.05, 4.69) is 15.5 Å². The fraction of sp³-hybridized carbons (Fsp3) is 0.125. The van der Waals surface area contributed by atoms with Crippen LogP contribution in [0.25, 0.3) is 0 Å². The van der Waals surface area contributed by atoms with Gasteiger partial charge in [-0.05, 0) is 6.07 Å². The maximum absolute atomic E-state index is 12.2. The smallest absolute Gasteiger partial charge is 0.274 e. The van der Waals surface area contributed by atoms with Crippen LogP contribution >= 0.6 is 22.9 Å². The third-order valence-electron chi connectivity index (χ3n) is 3.36. The molecule has 3 rings (SSSR count). The minimum atomic E-state index is -0.450. The summed E-state index contributed by atoms with van der Waals surface area (Å²) in [5.74, 6) is -0.316. The number of carbonyl (C=O) groups excluding carboxylic acids is 1. The Hall–Kier alpha value is -2.71. The molecule has 1 aromatic carbocycles. The summed E-state index contributed by atoms with van der Waals surface area (Å²) < 4.78 is 7.07. The third kappa shape index (κ3) is 4.04. The van der Waals surface area contributed by atoms with Crippen molar-refractivity contribution in [2.45, 2.75) is 6.61 Å². The average molecular weight is 377 g/mol. The summed E-state index contributed by atoms with van der Waals surface area (Å²) in [5.41, 5.74) is 2.06. The number of benzene rings is 1. The van der Waals surface area contributed by atoms with E-state index < -0.39 is 11.3 Å². The third-order valence-corrected chi connectivity index (χ3v) is 4.33. The van der Waals surface area contributed by atoms with E-state index in [0.717, 1.165) is 5.56 Å². The number of aromatic nitrogens is 3. The van der Waals surface area contributed by atoms with Crippen LogP contribution in [0.5, 0.6) is 5.75 Å². The Bertz CT molecular complexity index is 956. The second-order valence-electron chi connectivity index (χ2n) is 5.08. The van der Waals surface area contributed by atoms with Crippen LogP contribution in [0.1, 0.15) is 16.1 Å². The van der Waals surface area contributed by atoms with Gasteiger partial charge in [0.15, 0.2) is 5.75 Å². The average Bonchev–Trinajstić information content (AvgIpc) is 3.09. The van der Waals surface area contributed by atoms with Gasteiger partial charge in [0.25, 0.3) is 5.91 Å². The van der Waals surface area contributed by atoms with E-state index in [4.69, 9.17) is 16.3 Å². The van der Waals surface area contributed by atoms with Crippen LogP contribution in [0.3, 0.4) is 0 Å². The monoisotopic (exact) mass is 376 g/mol. The molecule has 2 aromatic heterocycles. The molecular weight excluding hydrogens is 364 g/mol. The molecule has 0 radical (unpaired) electrons. The van der Waals surface area contributed by atoms with Gasteiger partial charge in [-0.3, -0.25) is 14.9 Å². The Morgan fingerprint density at radius 1 is 1.40 bits per heavy atom. The molecule has 0 bridgehead atoms. The highest BCUT2D eigenvalue weighted by Crippen LogP contribution is 2.17. The standard InChI is InChI=1S/C16H13ClN4O3S/c1-21-7-14(24-8-10-4-2-3-5-11(10)17)13(22)6-12(21)15(23)19-16-20-18-9-25-16/h2-7,9H,8H2,1H3,(H,19,20,23). The molecule has 0 unspecified atom stereocenters. The summed E-state index contributed by atoms with van der Waals surface area (Å²) in [7, 11) is 1.65. The van der Waals surface area contributed by atoms with Crippen molar-refractivity contribution in [3.8, 4) is 5.75 Å². The van der Waals surface area contributed by atoms with E-state index in [-0.39, 0.29) is 18.1 Å². The SMILES string of the molecule is Cn1cc(OCc2ccccc2Cl)c(=O)cc1C(=O)Nc1nncs1. The summed E-state index contributed by atoms with van der Waals surface area (Å²) in [6.07, 6.45) is 1.47. The highest BCUT2D eigenvalue weighted by atomic mass is 35.5. The molecule has 0 spiro atoms. The molecule has 0 aliphatic carbocycles. The van der Waals surface area contributed by atoms with E-state index in [0.29, 0.717) is 10.2 Å². The van der Waals surface area contributed by atoms with Crippen LogP contribution < -0.4 is 15.5 Å². The second-order valence-corrected chi connectivity index (χ2v) is 6.32. The van der Waals surface area contributed by atoms with Crippen molar-refractivity contribution >= 4 is 34.0 Å². The molecule has 2 heterocycles. The van der Waals surface area contributed by atoms with Gasteiger partial charge in [-0.2, -0.15) is 0 Å². The number of hydrogen-bond donors (Lipinski definition) is 1. The Morgan fingerprint density at radius 2 is 2.20 bits per heavy atom. The molecule has 0 atom stereocenters. The Kier molecular flexibility index (Phi) is 5.11. The number of pyridine rings is 1. The van der Waals surface area contributed by atoms with Gasteiger partial charge in [0, 0.05) is 23.7 Å². The van der Waals surface area contributed by atoms with Crippen molar-refractivity contribution in [2.24, 2.45) is 7.05 Å². The van der Waals surface area contributed by atoms with Gasteiger partial charge >= 0.3 is 0 Å². The molecule has 0 aliphatic heterocycles. The van der Waals surface area contributed by atoms with Gasteiger partial charge in [0.05, 0.1) is 6.20 Å². The molecule has 3 aromatic rings. The Morgan fingerprint density at radius 3 is 2.92 bits per heavy atom. The minimum Gasteiger partial charge on any atom is -0.483 e. The fourth-order valence-corrected chi connectivity index (χ4v) is 2.73. The summed E-state index contributed by atoms with van der Waals surface area (Å²) in [4.78, 5) is 24.5. The Balaban J connectivity index is 1.77. The van der Waals surface area contributed by atoms with Gasteiger partial charge < -0.3 is 9.30 Å². The van der Waals surface area contributed by atoms with Crippen LogP contribution in [-0.4, -0.2) is 20.7 Å². The predicted molar refractivity (Wildman–Crippen MR) is 95.3 cm³/mol. The molecule has 25 heavy (non-hydrogen) atoms. The number of nitrogens with one attached hydrogen (secondary N) is 1. The first-order chi connectivity index (χ1) is 12.0. The minimum absolute atomic E-state index is 0.134. The van der Waals surface area contributed by atoms with Crippen LogP contribution in [0, 0.1) is 0 Å². The van der Waals surface area contributed by atoms with Gasteiger partial charge in [-0.25, -0.2) is 0 Å². The zero-order valence-electron chi connectivity index (χ0n) is 13.1. The fourth-order valence-electron chi connectivity index (χ4n) is 2.10. The molecule has 128 valence electrons. The van der Waals surface area contributed by atoms with E-state index in [9.17, 15) is 9.59 Å². The molecule has 0 aliphatic rings. The molecule has 1 N–H and O–H groups in total. The van der Waals surface area contributed by atoms with Crippen molar-refractivity contribution in [3.05, 3.63) is 68.5 Å². The summed E-state index contributed by atoms with van der Waals surface area (Å²) in [6, 6.07) is 8.44. The van der Waals surface area contributed by atoms with Crippen molar-refractivity contribution in [1.82, 2.24) is 14.8 Å². The predicted octanol–water partition coefficient (Wildman–Crippen LogP) is 2.72. The second kappa shape index (κ2) is 7.45. The number of hydrogen-bond acceptors (Lipinski definition) is 6. The lowest BCUT2D eigenvalue weighted by atomic mass is 10.2. The van der Waals surface area contributed by atoms with Crippen LogP contribution in [0.15, 0.2) is 46.8 Å². The number of ether oxygens (including phenoxy) is 1. The summed E-state index contributed by atoms with van der Waals surface area (Å²) in [5, 5.41) is 10.9. The number of aryl methyl sites for hydroxylation is 1. The highest BCUT2D eigenvalue weighted by Gasteiger charge is 2.14. The molecule has 0 fully saturated rings. The first-order valence-corrected chi connectivity index (χ1v) is 8.45. The normalized spacial score (nSPS) is 10.5. The van der Waals surface area contributed by atoms with Gasteiger partial charge in [0.1, 0.15) is 17.8 Å². The maximum Gasteiger partial charge on any atom is 0.274 e. The number of amides is 1. The maximum atomic E-state index is 12.2. The first kappa shape index (κ1) is 17.1. The van der Waals surface area contributed by atoms with Crippen molar-refractivity contribution in [1.29, 1.82) is 0 Å². The quantitative estimate of drug-likeness (QED) is 0.739. The summed E-state index contributed by atoms with van der Waals surface area (Å²) >= 11 is 7.26. The number of carbonyl (C=O) groups is 1. The number of halogens is 1. The molecule has 0 saturated carbocycles. The van der Waals surface area contributed by atoms with Crippen molar-refractivity contribution in [3.63, 3.8) is 0 Å². The lowest BCUT2D eigenvalue weighted by molar-refractivity contribution is 0.101. The molecule has 7 nitrogen and oxygen atoms in total. The van der Waals surface area contributed by atoms with Gasteiger partial charge in [-0.15, -0.1) is 10.2 Å². The van der Waals surface area contributed by atoms with Crippen LogP contribution in [0.4, 0.5) is 5.13 Å². The molecular formula is C16H13ClN4O3S. The van der Waals surface area contributed by atoms with E-state index >= 15 is 0 Å². The number of nitrogens with zero attached hydrogens (tertiary/aromatic N) is 3. The van der Waals surface area contributed by atoms with Crippen LogP contribution in [0.2, 0.25) is 5.02 Å². The van der Waals surface area contributed by atoms with E-state index in [1.165, 1.54) is 33.7 Å². The van der Waals surface area contributed by atoms with E-state index in [1.54, 1.807) is 13.1 Å². The van der Waals surface area contributed by atoms with Gasteiger partial charge in [-0.1, -0.05) is 41.1 Å². The number of rotatable bonds is 5. The van der Waals surface area contributed by atoms with Crippen molar-refractivity contribution < 1.29 is 9.53 Å². The molecule has 1 amide bonds. The first-order valence-electron chi connectivity index (χ1n) is 7.19. The van der Waals surface area contributed by atoms with Gasteiger partial charge in [0.2, 0.25) is 10.6 Å². The zero-order valence-corrected chi connectivity index (χ0v) is 14.7.